The monoisotopic (exact) mass is 298 g/mol. The number of benzene rings is 2. The Morgan fingerprint density at radius 2 is 1.83 bits per heavy atom. The zero-order chi connectivity index (χ0) is 12.7. The molecule has 0 bridgehead atoms. The van der Waals surface area contributed by atoms with Crippen molar-refractivity contribution >= 4 is 22.0 Å². The van der Waals surface area contributed by atoms with Gasteiger partial charge in [0.1, 0.15) is 0 Å². The van der Waals surface area contributed by atoms with Crippen LogP contribution < -0.4 is 0 Å². The maximum absolute atomic E-state index is 3.72. The van der Waals surface area contributed by atoms with E-state index in [1.54, 1.807) is 0 Å². The SMILES string of the molecule is Cc1ccccc1-c1c(Br)ccc2c1C(C)C=C2. The van der Waals surface area contributed by atoms with E-state index >= 15 is 0 Å². The molecule has 0 nitrogen and oxygen atoms in total. The lowest BCUT2D eigenvalue weighted by molar-refractivity contribution is 0.991. The first-order valence-corrected chi connectivity index (χ1v) is 7.04. The Labute approximate surface area is 116 Å². The maximum Gasteiger partial charge on any atom is 0.0257 e. The molecule has 0 amide bonds. The summed E-state index contributed by atoms with van der Waals surface area (Å²) in [7, 11) is 0. The first kappa shape index (κ1) is 11.7. The lowest BCUT2D eigenvalue weighted by Gasteiger charge is -2.16. The van der Waals surface area contributed by atoms with Gasteiger partial charge in [0.2, 0.25) is 0 Å². The molecule has 2 aromatic rings. The number of hydrogen-bond donors (Lipinski definition) is 0. The van der Waals surface area contributed by atoms with Gasteiger partial charge in [0.15, 0.2) is 0 Å². The minimum Gasteiger partial charge on any atom is -0.0766 e. The van der Waals surface area contributed by atoms with Gasteiger partial charge in [0.05, 0.1) is 0 Å². The lowest BCUT2D eigenvalue weighted by Crippen LogP contribution is -1.95. The molecule has 0 fully saturated rings. The van der Waals surface area contributed by atoms with Crippen molar-refractivity contribution in [2.45, 2.75) is 19.8 Å². The molecule has 90 valence electrons. The van der Waals surface area contributed by atoms with E-state index in [1.807, 2.05) is 0 Å². The molecular weight excluding hydrogens is 284 g/mol. The Kier molecular flexibility index (Phi) is 2.87. The first-order valence-electron chi connectivity index (χ1n) is 6.25. The molecule has 1 atom stereocenters. The third-order valence-electron chi connectivity index (χ3n) is 3.66. The van der Waals surface area contributed by atoms with Crippen molar-refractivity contribution < 1.29 is 0 Å². The van der Waals surface area contributed by atoms with Crippen LogP contribution in [-0.4, -0.2) is 0 Å². The van der Waals surface area contributed by atoms with E-state index in [1.165, 1.54) is 32.3 Å². The third kappa shape index (κ3) is 1.74. The second kappa shape index (κ2) is 4.40. The van der Waals surface area contributed by atoms with Crippen LogP contribution in [0, 0.1) is 6.92 Å². The van der Waals surface area contributed by atoms with Gasteiger partial charge in [-0.15, -0.1) is 0 Å². The van der Waals surface area contributed by atoms with Crippen LogP contribution in [0.25, 0.3) is 17.2 Å². The van der Waals surface area contributed by atoms with Crippen LogP contribution in [0.3, 0.4) is 0 Å². The summed E-state index contributed by atoms with van der Waals surface area (Å²) in [6.45, 7) is 4.44. The standard InChI is InChI=1S/C17H15Br/c1-11-5-3-4-6-14(11)17-15(18)10-9-13-8-7-12(2)16(13)17/h3-10,12H,1-2H3. The summed E-state index contributed by atoms with van der Waals surface area (Å²) < 4.78 is 1.19. The molecule has 3 rings (SSSR count). The molecule has 18 heavy (non-hydrogen) atoms. The van der Waals surface area contributed by atoms with Gasteiger partial charge in [-0.25, -0.2) is 0 Å². The van der Waals surface area contributed by atoms with Crippen LogP contribution in [0.15, 0.2) is 46.9 Å². The zero-order valence-corrected chi connectivity index (χ0v) is 12.2. The summed E-state index contributed by atoms with van der Waals surface area (Å²) in [6, 6.07) is 12.9. The minimum atomic E-state index is 0.493. The number of hydrogen-bond acceptors (Lipinski definition) is 0. The van der Waals surface area contributed by atoms with E-state index < -0.39 is 0 Å². The Hall–Kier alpha value is -1.34. The van der Waals surface area contributed by atoms with Crippen molar-refractivity contribution in [3.05, 3.63) is 63.6 Å². The fourth-order valence-corrected chi connectivity index (χ4v) is 3.28. The average molecular weight is 299 g/mol. The van der Waals surface area contributed by atoms with E-state index in [0.29, 0.717) is 5.92 Å². The van der Waals surface area contributed by atoms with Gasteiger partial charge in [-0.2, -0.15) is 0 Å². The quantitative estimate of drug-likeness (QED) is 0.647. The summed E-state index contributed by atoms with van der Waals surface area (Å²) in [5, 5.41) is 0. The molecule has 1 aliphatic rings. The van der Waals surface area contributed by atoms with Gasteiger partial charge in [-0.05, 0) is 35.2 Å². The fourth-order valence-electron chi connectivity index (χ4n) is 2.72. The molecule has 2 aromatic carbocycles. The topological polar surface area (TPSA) is 0 Å². The molecule has 0 saturated heterocycles. The lowest BCUT2D eigenvalue weighted by atomic mass is 9.90. The molecule has 1 heteroatoms. The predicted octanol–water partition coefficient (Wildman–Crippen LogP) is 5.55. The third-order valence-corrected chi connectivity index (χ3v) is 4.32. The Bertz CT molecular complexity index is 638. The van der Waals surface area contributed by atoms with E-state index in [4.69, 9.17) is 0 Å². The van der Waals surface area contributed by atoms with E-state index in [9.17, 15) is 0 Å². The summed E-state index contributed by atoms with van der Waals surface area (Å²) in [6.07, 6.45) is 4.51. The molecular formula is C17H15Br. The van der Waals surface area contributed by atoms with Crippen molar-refractivity contribution in [3.63, 3.8) is 0 Å². The van der Waals surface area contributed by atoms with E-state index in [-0.39, 0.29) is 0 Å². The van der Waals surface area contributed by atoms with Crippen LogP contribution in [-0.2, 0) is 0 Å². The molecule has 0 heterocycles. The van der Waals surface area contributed by atoms with Crippen molar-refractivity contribution in [3.8, 4) is 11.1 Å². The van der Waals surface area contributed by atoms with Crippen molar-refractivity contribution in [1.29, 1.82) is 0 Å². The van der Waals surface area contributed by atoms with E-state index in [0.717, 1.165) is 0 Å². The summed E-state index contributed by atoms with van der Waals surface area (Å²) in [5.74, 6) is 0.493. The highest BCUT2D eigenvalue weighted by Crippen LogP contribution is 2.42. The second-order valence-corrected chi connectivity index (χ2v) is 5.74. The Balaban J connectivity index is 2.32. The summed E-state index contributed by atoms with van der Waals surface area (Å²) in [5.41, 5.74) is 6.80. The van der Waals surface area contributed by atoms with Gasteiger partial charge < -0.3 is 0 Å². The van der Waals surface area contributed by atoms with Crippen LogP contribution in [0.5, 0.6) is 0 Å². The maximum atomic E-state index is 3.72. The van der Waals surface area contributed by atoms with Gasteiger partial charge in [-0.3, -0.25) is 0 Å². The number of allylic oxidation sites excluding steroid dienone is 1. The predicted molar refractivity (Wildman–Crippen MR) is 81.8 cm³/mol. The van der Waals surface area contributed by atoms with Crippen LogP contribution >= 0.6 is 15.9 Å². The van der Waals surface area contributed by atoms with Crippen molar-refractivity contribution in [2.75, 3.05) is 0 Å². The number of halogens is 1. The molecule has 1 unspecified atom stereocenters. The van der Waals surface area contributed by atoms with E-state index in [2.05, 4.69) is 78.3 Å². The van der Waals surface area contributed by atoms with Crippen LogP contribution in [0.1, 0.15) is 29.5 Å². The molecule has 1 aliphatic carbocycles. The van der Waals surface area contributed by atoms with Crippen LogP contribution in [0.2, 0.25) is 0 Å². The molecule has 0 radical (unpaired) electrons. The highest BCUT2D eigenvalue weighted by Gasteiger charge is 2.20. The normalized spacial score (nSPS) is 16.9. The Morgan fingerprint density at radius 1 is 1.06 bits per heavy atom. The van der Waals surface area contributed by atoms with Gasteiger partial charge >= 0.3 is 0 Å². The minimum absolute atomic E-state index is 0.493. The number of fused-ring (bicyclic) bond motifs is 1. The Morgan fingerprint density at radius 3 is 2.61 bits per heavy atom. The second-order valence-electron chi connectivity index (χ2n) is 4.89. The molecule has 0 aliphatic heterocycles. The van der Waals surface area contributed by atoms with Crippen molar-refractivity contribution in [1.82, 2.24) is 0 Å². The summed E-state index contributed by atoms with van der Waals surface area (Å²) >= 11 is 3.72. The largest absolute Gasteiger partial charge is 0.0766 e. The van der Waals surface area contributed by atoms with Gasteiger partial charge in [-0.1, -0.05) is 65.3 Å². The summed E-state index contributed by atoms with van der Waals surface area (Å²) in [4.78, 5) is 0. The van der Waals surface area contributed by atoms with Crippen LogP contribution in [0.4, 0.5) is 0 Å². The smallest absolute Gasteiger partial charge is 0.0257 e. The molecule has 0 spiro atoms. The van der Waals surface area contributed by atoms with Crippen molar-refractivity contribution in [2.24, 2.45) is 0 Å². The zero-order valence-electron chi connectivity index (χ0n) is 10.6. The fraction of sp³-hybridized carbons (Fsp3) is 0.176. The highest BCUT2D eigenvalue weighted by molar-refractivity contribution is 9.10. The molecule has 0 aromatic heterocycles. The first-order chi connectivity index (χ1) is 8.68. The molecule has 0 saturated carbocycles. The number of aryl methyl sites for hydroxylation is 1. The van der Waals surface area contributed by atoms with Gasteiger partial charge in [0, 0.05) is 16.0 Å². The van der Waals surface area contributed by atoms with Gasteiger partial charge in [0.25, 0.3) is 0 Å². The molecule has 0 N–H and O–H groups in total. The highest BCUT2D eigenvalue weighted by atomic mass is 79.9. The number of rotatable bonds is 1. The average Bonchev–Trinajstić information content (AvgIpc) is 2.73.